The average molecular weight is 544 g/mol. The molecule has 1 aliphatic heterocycles. The zero-order valence-electron chi connectivity index (χ0n) is 18.0. The van der Waals surface area contributed by atoms with Gasteiger partial charge in [0.25, 0.3) is 11.6 Å². The van der Waals surface area contributed by atoms with Gasteiger partial charge >= 0.3 is 5.97 Å². The number of ether oxygens (including phenoxy) is 1. The van der Waals surface area contributed by atoms with Crippen molar-refractivity contribution in [3.05, 3.63) is 51.2 Å². The Kier molecular flexibility index (Phi) is 8.80. The summed E-state index contributed by atoms with van der Waals surface area (Å²) in [5.74, 6) is -0.993. The number of carbonyl (C=O) groups is 2. The number of hydrogen-bond acceptors (Lipinski definition) is 7. The number of nitrogens with one attached hydrogen (secondary N) is 1. The van der Waals surface area contributed by atoms with Crippen molar-refractivity contribution < 1.29 is 19.2 Å². The van der Waals surface area contributed by atoms with Gasteiger partial charge in [0.05, 0.1) is 40.5 Å². The van der Waals surface area contributed by atoms with Crippen LogP contribution in [-0.2, 0) is 19.7 Å². The lowest BCUT2D eigenvalue weighted by Crippen LogP contribution is -2.52. The second-order valence-electron chi connectivity index (χ2n) is 7.63. The predicted molar refractivity (Wildman–Crippen MR) is 125 cm³/mol. The number of rotatable bonds is 9. The molecule has 2 atom stereocenters. The monoisotopic (exact) mass is 544 g/mol. The fraction of sp³-hybridized carbons (Fsp3) is 0.524. The summed E-state index contributed by atoms with van der Waals surface area (Å²) in [4.78, 5) is 37.5. The summed E-state index contributed by atoms with van der Waals surface area (Å²) in [6.07, 6.45) is 2.77. The number of esters is 1. The van der Waals surface area contributed by atoms with Crippen LogP contribution in [0.3, 0.4) is 0 Å². The van der Waals surface area contributed by atoms with Gasteiger partial charge in [0.15, 0.2) is 0 Å². The van der Waals surface area contributed by atoms with Gasteiger partial charge in [-0.25, -0.2) is 0 Å². The molecule has 2 rings (SSSR count). The lowest BCUT2D eigenvalue weighted by molar-refractivity contribution is -0.384. The highest BCUT2D eigenvalue weighted by atomic mass is 127. The van der Waals surface area contributed by atoms with Crippen molar-refractivity contribution in [3.8, 4) is 0 Å². The third-order valence-corrected chi connectivity index (χ3v) is 7.25. The van der Waals surface area contributed by atoms with Crippen LogP contribution in [0.25, 0.3) is 0 Å². The third kappa shape index (κ3) is 5.17. The molecule has 1 aliphatic rings. The molecule has 1 amide bonds. The third-order valence-electron chi connectivity index (χ3n) is 5.57. The highest BCUT2D eigenvalue weighted by Gasteiger charge is 2.53. The summed E-state index contributed by atoms with van der Waals surface area (Å²) in [7, 11) is 1.26. The quantitative estimate of drug-likeness (QED) is 0.122. The normalized spacial score (nSPS) is 21.1. The van der Waals surface area contributed by atoms with Crippen LogP contribution < -0.4 is 11.1 Å². The van der Waals surface area contributed by atoms with E-state index in [4.69, 9.17) is 10.5 Å². The maximum absolute atomic E-state index is 13.4. The number of hydrogen-bond donors (Lipinski definition) is 2. The number of non-ortho nitro benzene ring substituents is 1. The van der Waals surface area contributed by atoms with Gasteiger partial charge in [-0.3, -0.25) is 19.7 Å². The van der Waals surface area contributed by atoms with E-state index in [1.165, 1.54) is 25.3 Å². The van der Waals surface area contributed by atoms with Gasteiger partial charge in [-0.2, -0.15) is 0 Å². The topological polar surface area (TPSA) is 128 Å². The summed E-state index contributed by atoms with van der Waals surface area (Å²) in [5, 5.41) is 14.3. The molecule has 1 aromatic carbocycles. The molecule has 0 saturated heterocycles. The lowest BCUT2D eigenvalue weighted by atomic mass is 9.67. The molecule has 1 heterocycles. The second-order valence-corrected chi connectivity index (χ2v) is 8.67. The standard InChI is InChI=1S/C21H29IN4O5/c1-14-13-21(20(28)31-3,16-8-7-9-17(12-16)26(29)30)18(15(2)25(14)22)19(27)24-11-6-4-5-10-23/h7-9,12,14H,4-6,10-11,13,23H2,1-3H3,(H,24,27). The summed E-state index contributed by atoms with van der Waals surface area (Å²) in [6.45, 7) is 4.75. The number of methoxy groups -OCH3 is 1. The number of nitrogens with zero attached hydrogens (tertiary/aromatic N) is 2. The smallest absolute Gasteiger partial charge is 0.321 e. The molecule has 31 heavy (non-hydrogen) atoms. The number of unbranched alkanes of at least 4 members (excludes halogenated alkanes) is 2. The molecule has 3 N–H and O–H groups in total. The Morgan fingerprint density at radius 1 is 1.39 bits per heavy atom. The van der Waals surface area contributed by atoms with Gasteiger partial charge in [0, 0.05) is 30.4 Å². The molecular formula is C21H29IN4O5. The van der Waals surface area contributed by atoms with Crippen molar-refractivity contribution in [2.24, 2.45) is 5.73 Å². The molecule has 170 valence electrons. The van der Waals surface area contributed by atoms with Crippen LogP contribution in [0.5, 0.6) is 0 Å². The van der Waals surface area contributed by atoms with Crippen LogP contribution in [0.1, 0.15) is 45.1 Å². The number of carbonyl (C=O) groups excluding carboxylic acids is 2. The molecule has 0 radical (unpaired) electrons. The van der Waals surface area contributed by atoms with E-state index in [9.17, 15) is 19.7 Å². The molecular weight excluding hydrogens is 515 g/mol. The highest BCUT2D eigenvalue weighted by molar-refractivity contribution is 14.1. The Hall–Kier alpha value is -2.21. The second kappa shape index (κ2) is 10.9. The Balaban J connectivity index is 2.60. The minimum absolute atomic E-state index is 0.111. The van der Waals surface area contributed by atoms with E-state index < -0.39 is 16.3 Å². The Labute approximate surface area is 196 Å². The number of allylic oxidation sites excluding steroid dienone is 1. The van der Waals surface area contributed by atoms with Crippen LogP contribution in [0.2, 0.25) is 0 Å². The lowest BCUT2D eigenvalue weighted by Gasteiger charge is -2.44. The fourth-order valence-corrected chi connectivity index (χ4v) is 4.53. The molecule has 9 nitrogen and oxygen atoms in total. The number of nitrogens with two attached hydrogens (primary N) is 1. The summed E-state index contributed by atoms with van der Waals surface area (Å²) >= 11 is 2.12. The van der Waals surface area contributed by atoms with Crippen LogP contribution in [-0.4, -0.2) is 46.2 Å². The molecule has 1 aromatic rings. The first-order valence-corrected chi connectivity index (χ1v) is 11.1. The van der Waals surface area contributed by atoms with E-state index in [0.29, 0.717) is 24.4 Å². The zero-order valence-corrected chi connectivity index (χ0v) is 20.2. The maximum Gasteiger partial charge on any atom is 0.321 e. The number of nitro benzene ring substituents is 1. The van der Waals surface area contributed by atoms with Crippen LogP contribution in [0, 0.1) is 10.1 Å². The average Bonchev–Trinajstić information content (AvgIpc) is 2.76. The first-order valence-electron chi connectivity index (χ1n) is 10.2. The van der Waals surface area contributed by atoms with Crippen molar-refractivity contribution in [2.45, 2.75) is 51.0 Å². The summed E-state index contributed by atoms with van der Waals surface area (Å²) in [6, 6.07) is 5.77. The van der Waals surface area contributed by atoms with Crippen molar-refractivity contribution in [1.82, 2.24) is 8.43 Å². The molecule has 0 aliphatic carbocycles. The van der Waals surface area contributed by atoms with Crippen LogP contribution in [0.4, 0.5) is 5.69 Å². The van der Waals surface area contributed by atoms with E-state index in [2.05, 4.69) is 28.2 Å². The molecule has 0 spiro atoms. The summed E-state index contributed by atoms with van der Waals surface area (Å²) < 4.78 is 7.08. The van der Waals surface area contributed by atoms with Crippen LogP contribution >= 0.6 is 22.9 Å². The SMILES string of the molecule is COC(=O)C1(c2cccc([N+](=O)[O-])c2)CC(C)N(I)C(C)=C1C(=O)NCCCCCN. The highest BCUT2D eigenvalue weighted by Crippen LogP contribution is 2.47. The van der Waals surface area contributed by atoms with Gasteiger partial charge in [-0.05, 0) is 45.2 Å². The van der Waals surface area contributed by atoms with Crippen molar-refractivity contribution >= 4 is 40.4 Å². The molecule has 0 bridgehead atoms. The minimum atomic E-state index is -1.45. The molecule has 0 aromatic heterocycles. The van der Waals surface area contributed by atoms with Gasteiger partial charge in [0.1, 0.15) is 5.41 Å². The molecule has 10 heteroatoms. The fourth-order valence-electron chi connectivity index (χ4n) is 4.09. The number of benzene rings is 1. The largest absolute Gasteiger partial charge is 0.468 e. The number of nitro groups is 1. The maximum atomic E-state index is 13.4. The Morgan fingerprint density at radius 3 is 2.71 bits per heavy atom. The molecule has 0 saturated carbocycles. The Bertz CT molecular complexity index is 875. The van der Waals surface area contributed by atoms with Gasteiger partial charge in [-0.15, -0.1) is 0 Å². The summed E-state index contributed by atoms with van der Waals surface area (Å²) in [5.41, 5.74) is 5.17. The van der Waals surface area contributed by atoms with Crippen molar-refractivity contribution in [2.75, 3.05) is 20.2 Å². The predicted octanol–water partition coefficient (Wildman–Crippen LogP) is 2.97. The number of halogens is 1. The first kappa shape index (κ1) is 25.1. The minimum Gasteiger partial charge on any atom is -0.468 e. The number of amides is 1. The Morgan fingerprint density at radius 2 is 2.10 bits per heavy atom. The van der Waals surface area contributed by atoms with Crippen molar-refractivity contribution in [3.63, 3.8) is 0 Å². The van der Waals surface area contributed by atoms with E-state index in [1.54, 1.807) is 13.0 Å². The van der Waals surface area contributed by atoms with E-state index in [1.807, 2.05) is 10.0 Å². The first-order chi connectivity index (χ1) is 14.7. The molecule has 0 fully saturated rings. The van der Waals surface area contributed by atoms with E-state index in [0.717, 1.165) is 19.3 Å². The van der Waals surface area contributed by atoms with Gasteiger partial charge in [-0.1, -0.05) is 18.6 Å². The zero-order chi connectivity index (χ0) is 23.2. The van der Waals surface area contributed by atoms with Crippen LogP contribution in [0.15, 0.2) is 35.5 Å². The van der Waals surface area contributed by atoms with E-state index in [-0.39, 0.29) is 29.6 Å². The molecule has 2 unspecified atom stereocenters. The van der Waals surface area contributed by atoms with E-state index >= 15 is 0 Å². The van der Waals surface area contributed by atoms with Gasteiger partial charge < -0.3 is 18.9 Å². The van der Waals surface area contributed by atoms with Crippen molar-refractivity contribution in [1.29, 1.82) is 0 Å². The van der Waals surface area contributed by atoms with Gasteiger partial charge in [0.2, 0.25) is 0 Å².